The summed E-state index contributed by atoms with van der Waals surface area (Å²) in [6, 6.07) is 67.0. The van der Waals surface area contributed by atoms with Crippen LogP contribution in [0.3, 0.4) is 0 Å². The topological polar surface area (TPSA) is 0 Å². The molecule has 0 bridgehead atoms. The standard InChI is InChI=1S/C56H40/c1-56(2)52-24-10-9-20-44(52)45-28-27-39(33-53(45)56)54(46-22-11-16-34-13-3-6-17-40(34)46)38-26-25-37-31-51-50(48(37)32-38)30-36-15-5-8-19-42(36)55(51)47-23-12-21-43-41-18-7-4-14-35(41)29-49(43)47/h3-28,30,32-33,54H,29,31H2,1-2H3. The van der Waals surface area contributed by atoms with Gasteiger partial charge in [-0.3, -0.25) is 0 Å². The number of rotatable bonds is 4. The van der Waals surface area contributed by atoms with Crippen LogP contribution in [0.15, 0.2) is 176 Å². The molecule has 12 rings (SSSR count). The van der Waals surface area contributed by atoms with Crippen LogP contribution in [0.2, 0.25) is 0 Å². The van der Waals surface area contributed by atoms with Gasteiger partial charge in [-0.2, -0.15) is 0 Å². The molecule has 0 N–H and O–H groups in total. The Morgan fingerprint density at radius 3 is 1.93 bits per heavy atom. The van der Waals surface area contributed by atoms with Crippen molar-refractivity contribution in [1.29, 1.82) is 0 Å². The lowest BCUT2D eigenvalue weighted by atomic mass is 9.78. The Morgan fingerprint density at radius 1 is 0.393 bits per heavy atom. The third kappa shape index (κ3) is 4.47. The summed E-state index contributed by atoms with van der Waals surface area (Å²) in [4.78, 5) is 0. The molecule has 0 spiro atoms. The Balaban J connectivity index is 1.07. The van der Waals surface area contributed by atoms with E-state index in [0.717, 1.165) is 12.8 Å². The van der Waals surface area contributed by atoms with Gasteiger partial charge in [-0.05, 0) is 141 Å². The molecule has 3 aliphatic rings. The maximum absolute atomic E-state index is 2.55. The van der Waals surface area contributed by atoms with Crippen molar-refractivity contribution in [3.8, 4) is 44.5 Å². The Hall–Kier alpha value is -6.50. The molecule has 264 valence electrons. The minimum Gasteiger partial charge on any atom is -0.0619 e. The molecule has 0 heteroatoms. The number of benzene rings is 9. The first-order valence-electron chi connectivity index (χ1n) is 20.1. The third-order valence-corrected chi connectivity index (χ3v) is 13.5. The van der Waals surface area contributed by atoms with Crippen LogP contribution < -0.4 is 0 Å². The fraction of sp³-hybridized carbons (Fsp3) is 0.107. The molecule has 9 aromatic rings. The average Bonchev–Trinajstić information content (AvgIpc) is 3.88. The van der Waals surface area contributed by atoms with Crippen molar-refractivity contribution in [2.45, 2.75) is 38.0 Å². The molecule has 0 aromatic heterocycles. The van der Waals surface area contributed by atoms with Crippen LogP contribution in [-0.4, -0.2) is 0 Å². The van der Waals surface area contributed by atoms with Crippen molar-refractivity contribution < 1.29 is 0 Å². The summed E-state index contributed by atoms with van der Waals surface area (Å²) < 4.78 is 0. The first-order chi connectivity index (χ1) is 27.5. The van der Waals surface area contributed by atoms with Crippen LogP contribution in [0.1, 0.15) is 69.8 Å². The van der Waals surface area contributed by atoms with Crippen molar-refractivity contribution in [2.24, 2.45) is 0 Å². The highest BCUT2D eigenvalue weighted by molar-refractivity contribution is 6.06. The molecule has 0 nitrogen and oxygen atoms in total. The summed E-state index contributed by atoms with van der Waals surface area (Å²) in [6.45, 7) is 4.78. The summed E-state index contributed by atoms with van der Waals surface area (Å²) >= 11 is 0. The molecule has 0 saturated heterocycles. The second-order valence-corrected chi connectivity index (χ2v) is 16.7. The normalized spacial score (nSPS) is 14.5. The molecule has 0 heterocycles. The van der Waals surface area contributed by atoms with Crippen molar-refractivity contribution in [3.05, 3.63) is 226 Å². The molecule has 0 saturated carbocycles. The van der Waals surface area contributed by atoms with Crippen LogP contribution in [-0.2, 0) is 18.3 Å². The van der Waals surface area contributed by atoms with Crippen LogP contribution >= 0.6 is 0 Å². The van der Waals surface area contributed by atoms with Gasteiger partial charge in [0.1, 0.15) is 0 Å². The second kappa shape index (κ2) is 11.8. The fourth-order valence-electron chi connectivity index (χ4n) is 10.8. The van der Waals surface area contributed by atoms with E-state index in [1.54, 1.807) is 0 Å². The molecule has 9 aromatic carbocycles. The first kappa shape index (κ1) is 31.8. The lowest BCUT2D eigenvalue weighted by Gasteiger charge is -2.25. The third-order valence-electron chi connectivity index (χ3n) is 13.5. The van der Waals surface area contributed by atoms with Gasteiger partial charge in [0.15, 0.2) is 0 Å². The highest BCUT2D eigenvalue weighted by atomic mass is 14.4. The molecule has 0 amide bonds. The fourth-order valence-corrected chi connectivity index (χ4v) is 10.8. The Labute approximate surface area is 328 Å². The molecular formula is C56H40. The minimum atomic E-state index is -0.0709. The minimum absolute atomic E-state index is 0.0658. The van der Waals surface area contributed by atoms with Crippen molar-refractivity contribution in [1.82, 2.24) is 0 Å². The van der Waals surface area contributed by atoms with Gasteiger partial charge in [0, 0.05) is 11.3 Å². The molecule has 1 unspecified atom stereocenters. The average molecular weight is 713 g/mol. The Bertz CT molecular complexity index is 3110. The van der Waals surface area contributed by atoms with E-state index in [9.17, 15) is 0 Å². The lowest BCUT2D eigenvalue weighted by molar-refractivity contribution is 0.659. The highest BCUT2D eigenvalue weighted by Crippen LogP contribution is 2.52. The van der Waals surface area contributed by atoms with Gasteiger partial charge in [-0.15, -0.1) is 0 Å². The second-order valence-electron chi connectivity index (χ2n) is 16.7. The quantitative estimate of drug-likeness (QED) is 0.159. The van der Waals surface area contributed by atoms with Gasteiger partial charge in [-0.25, -0.2) is 0 Å². The Kier molecular flexibility index (Phi) is 6.68. The molecule has 1 atom stereocenters. The summed E-state index contributed by atoms with van der Waals surface area (Å²) in [5.41, 5.74) is 23.6. The zero-order valence-corrected chi connectivity index (χ0v) is 31.7. The van der Waals surface area contributed by atoms with E-state index in [1.807, 2.05) is 0 Å². The summed E-state index contributed by atoms with van der Waals surface area (Å²) in [5.74, 6) is 0.0658. The van der Waals surface area contributed by atoms with Crippen LogP contribution in [0.4, 0.5) is 0 Å². The summed E-state index contributed by atoms with van der Waals surface area (Å²) in [7, 11) is 0. The zero-order valence-electron chi connectivity index (χ0n) is 31.7. The Morgan fingerprint density at radius 2 is 1.02 bits per heavy atom. The van der Waals surface area contributed by atoms with Crippen molar-refractivity contribution >= 4 is 21.5 Å². The lowest BCUT2D eigenvalue weighted by Crippen LogP contribution is -2.16. The first-order valence-corrected chi connectivity index (χ1v) is 20.1. The molecule has 0 fully saturated rings. The number of hydrogen-bond donors (Lipinski definition) is 0. The molecular weight excluding hydrogens is 673 g/mol. The van der Waals surface area contributed by atoms with Gasteiger partial charge < -0.3 is 0 Å². The van der Waals surface area contributed by atoms with Crippen LogP contribution in [0, 0.1) is 0 Å². The van der Waals surface area contributed by atoms with E-state index >= 15 is 0 Å². The summed E-state index contributed by atoms with van der Waals surface area (Å²) in [6.07, 6.45) is 1.91. The monoisotopic (exact) mass is 712 g/mol. The summed E-state index contributed by atoms with van der Waals surface area (Å²) in [5, 5.41) is 5.25. The van der Waals surface area contributed by atoms with Crippen LogP contribution in [0.5, 0.6) is 0 Å². The molecule has 3 aliphatic carbocycles. The van der Waals surface area contributed by atoms with E-state index in [0.29, 0.717) is 0 Å². The van der Waals surface area contributed by atoms with Crippen molar-refractivity contribution in [2.75, 3.05) is 0 Å². The predicted octanol–water partition coefficient (Wildman–Crippen LogP) is 14.3. The van der Waals surface area contributed by atoms with E-state index in [2.05, 4.69) is 190 Å². The van der Waals surface area contributed by atoms with Crippen molar-refractivity contribution in [3.63, 3.8) is 0 Å². The number of fused-ring (bicyclic) bond motifs is 11. The van der Waals surface area contributed by atoms with Gasteiger partial charge in [0.2, 0.25) is 0 Å². The van der Waals surface area contributed by atoms with Crippen LogP contribution in [0.25, 0.3) is 66.1 Å². The van der Waals surface area contributed by atoms with E-state index in [4.69, 9.17) is 0 Å². The van der Waals surface area contributed by atoms with E-state index in [-0.39, 0.29) is 11.3 Å². The van der Waals surface area contributed by atoms with Gasteiger partial charge in [0.25, 0.3) is 0 Å². The largest absolute Gasteiger partial charge is 0.0619 e. The SMILES string of the molecule is CC1(C)c2ccccc2-c2ccc(C(c3ccc4c(c3)-c3cc5ccccc5c(-c5cccc6c5Cc5ccccc5-6)c3C4)c3cccc4ccccc34)cc21. The molecule has 56 heavy (non-hydrogen) atoms. The maximum atomic E-state index is 2.55. The molecule has 0 aliphatic heterocycles. The van der Waals surface area contributed by atoms with Gasteiger partial charge in [-0.1, -0.05) is 178 Å². The van der Waals surface area contributed by atoms with E-state index < -0.39 is 0 Å². The van der Waals surface area contributed by atoms with Gasteiger partial charge >= 0.3 is 0 Å². The highest BCUT2D eigenvalue weighted by Gasteiger charge is 2.36. The zero-order chi connectivity index (χ0) is 37.1. The van der Waals surface area contributed by atoms with Gasteiger partial charge in [0.05, 0.1) is 0 Å². The smallest absolute Gasteiger partial charge is 0.0346 e. The van der Waals surface area contributed by atoms with E-state index in [1.165, 1.54) is 116 Å². The molecule has 0 radical (unpaired) electrons. The maximum Gasteiger partial charge on any atom is 0.0346 e. The predicted molar refractivity (Wildman–Crippen MR) is 235 cm³/mol. The number of hydrogen-bond acceptors (Lipinski definition) is 0.